The van der Waals surface area contributed by atoms with Crippen LogP contribution in [0.15, 0.2) is 24.8 Å². The van der Waals surface area contributed by atoms with Crippen LogP contribution < -0.4 is 0 Å². The average molecular weight is 224 g/mol. The average Bonchev–Trinajstić information content (AvgIpc) is 2.26. The lowest BCUT2D eigenvalue weighted by Crippen LogP contribution is -2.00. The summed E-state index contributed by atoms with van der Waals surface area (Å²) in [6.45, 7) is 7.87. The van der Waals surface area contributed by atoms with Crippen LogP contribution in [-0.2, 0) is 9.53 Å². The molecule has 0 aromatic carbocycles. The van der Waals surface area contributed by atoms with E-state index in [0.717, 1.165) is 12.8 Å². The molecule has 0 saturated heterocycles. The predicted molar refractivity (Wildman–Crippen MR) is 68.2 cm³/mol. The Hall–Kier alpha value is -1.05. The second-order valence-corrected chi connectivity index (χ2v) is 3.97. The van der Waals surface area contributed by atoms with Crippen molar-refractivity contribution in [3.8, 4) is 0 Å². The molecule has 1 atom stereocenters. The normalized spacial score (nSPS) is 12.6. The summed E-state index contributed by atoms with van der Waals surface area (Å²) in [6.07, 6.45) is 11.9. The van der Waals surface area contributed by atoms with Crippen molar-refractivity contribution < 1.29 is 9.53 Å². The van der Waals surface area contributed by atoms with Gasteiger partial charge < -0.3 is 4.74 Å². The maximum atomic E-state index is 10.5. The molecule has 1 unspecified atom stereocenters. The van der Waals surface area contributed by atoms with Gasteiger partial charge in [0.25, 0.3) is 0 Å². The van der Waals surface area contributed by atoms with E-state index in [9.17, 15) is 4.79 Å². The summed E-state index contributed by atoms with van der Waals surface area (Å²) in [5, 5.41) is 0. The molecule has 0 N–H and O–H groups in total. The summed E-state index contributed by atoms with van der Waals surface area (Å²) in [5.74, 6) is 0.332. The number of rotatable bonds is 9. The van der Waals surface area contributed by atoms with Crippen molar-refractivity contribution >= 4 is 5.97 Å². The molecule has 0 heterocycles. The van der Waals surface area contributed by atoms with Crippen molar-refractivity contribution in [2.75, 3.05) is 6.61 Å². The number of hydrogen-bond donors (Lipinski definition) is 0. The van der Waals surface area contributed by atoms with Crippen molar-refractivity contribution in [2.24, 2.45) is 5.92 Å². The van der Waals surface area contributed by atoms with Crippen molar-refractivity contribution in [3.63, 3.8) is 0 Å². The zero-order chi connectivity index (χ0) is 12.2. The fourth-order valence-corrected chi connectivity index (χ4v) is 1.59. The lowest BCUT2D eigenvalue weighted by Gasteiger charge is -2.06. The van der Waals surface area contributed by atoms with Crippen LogP contribution in [0.5, 0.6) is 0 Å². The molecule has 0 fully saturated rings. The molecule has 0 saturated carbocycles. The summed E-state index contributed by atoms with van der Waals surface area (Å²) >= 11 is 0. The molecule has 0 amide bonds. The third-order valence-corrected chi connectivity index (χ3v) is 2.48. The van der Waals surface area contributed by atoms with E-state index in [4.69, 9.17) is 4.74 Å². The number of carbonyl (C=O) groups is 1. The van der Waals surface area contributed by atoms with Gasteiger partial charge in [0, 0.05) is 6.92 Å². The molecule has 16 heavy (non-hydrogen) atoms. The number of ether oxygens (including phenoxy) is 1. The highest BCUT2D eigenvalue weighted by atomic mass is 16.5. The molecule has 2 heteroatoms. The fraction of sp³-hybridized carbons (Fsp3) is 0.643. The Kier molecular flexibility index (Phi) is 9.78. The highest BCUT2D eigenvalue weighted by Crippen LogP contribution is 2.13. The minimum absolute atomic E-state index is 0.181. The SMILES string of the molecule is C=CC(/C=C/C)CCCCCCOC(C)=O. The molecule has 0 bridgehead atoms. The monoisotopic (exact) mass is 224 g/mol. The Labute approximate surface area is 99.4 Å². The molecule has 0 rings (SSSR count). The van der Waals surface area contributed by atoms with Crippen molar-refractivity contribution in [3.05, 3.63) is 24.8 Å². The lowest BCUT2D eigenvalue weighted by atomic mass is 10.0. The van der Waals surface area contributed by atoms with Crippen LogP contribution in [0.1, 0.15) is 46.0 Å². The number of esters is 1. The number of carbonyl (C=O) groups excluding carboxylic acids is 1. The van der Waals surface area contributed by atoms with Gasteiger partial charge in [-0.15, -0.1) is 6.58 Å². The fourth-order valence-electron chi connectivity index (χ4n) is 1.59. The number of unbranched alkanes of at least 4 members (excludes halogenated alkanes) is 3. The van der Waals surface area contributed by atoms with Crippen molar-refractivity contribution in [1.82, 2.24) is 0 Å². The first-order chi connectivity index (χ1) is 7.70. The van der Waals surface area contributed by atoms with E-state index in [1.165, 1.54) is 26.2 Å². The van der Waals surface area contributed by atoms with Gasteiger partial charge in [0.15, 0.2) is 0 Å². The number of allylic oxidation sites excluding steroid dienone is 3. The first-order valence-corrected chi connectivity index (χ1v) is 6.09. The van der Waals surface area contributed by atoms with Crippen LogP contribution in [0, 0.1) is 5.92 Å². The molecule has 0 aliphatic heterocycles. The Balaban J connectivity index is 3.32. The summed E-state index contributed by atoms with van der Waals surface area (Å²) in [6, 6.07) is 0. The van der Waals surface area contributed by atoms with Crippen LogP contribution in [0.4, 0.5) is 0 Å². The van der Waals surface area contributed by atoms with Crippen LogP contribution in [0.25, 0.3) is 0 Å². The number of hydrogen-bond acceptors (Lipinski definition) is 2. The van der Waals surface area contributed by atoms with E-state index in [0.29, 0.717) is 12.5 Å². The van der Waals surface area contributed by atoms with Gasteiger partial charge in [0.05, 0.1) is 6.61 Å². The smallest absolute Gasteiger partial charge is 0.302 e. The van der Waals surface area contributed by atoms with Gasteiger partial charge >= 0.3 is 5.97 Å². The van der Waals surface area contributed by atoms with Crippen LogP contribution in [-0.4, -0.2) is 12.6 Å². The largest absolute Gasteiger partial charge is 0.466 e. The Morgan fingerprint density at radius 2 is 2.00 bits per heavy atom. The van der Waals surface area contributed by atoms with Crippen molar-refractivity contribution in [2.45, 2.75) is 46.0 Å². The molecular formula is C14H24O2. The topological polar surface area (TPSA) is 26.3 Å². The summed E-state index contributed by atoms with van der Waals surface area (Å²) in [7, 11) is 0. The molecule has 0 spiro atoms. The highest BCUT2D eigenvalue weighted by Gasteiger charge is 1.99. The predicted octanol–water partition coefficient (Wildman–Crippen LogP) is 3.88. The second kappa shape index (κ2) is 10.5. The standard InChI is InChI=1S/C14H24O2/c1-4-10-14(5-2)11-8-6-7-9-12-16-13(3)15/h4-5,10,14H,2,6-9,11-12H2,1,3H3/b10-4+. The van der Waals surface area contributed by atoms with E-state index in [2.05, 4.69) is 18.7 Å². The van der Waals surface area contributed by atoms with Gasteiger partial charge in [-0.25, -0.2) is 0 Å². The molecule has 0 aliphatic rings. The van der Waals surface area contributed by atoms with Crippen molar-refractivity contribution in [1.29, 1.82) is 0 Å². The first kappa shape index (κ1) is 14.9. The van der Waals surface area contributed by atoms with E-state index in [1.807, 2.05) is 13.0 Å². The first-order valence-electron chi connectivity index (χ1n) is 6.09. The Bertz CT molecular complexity index is 219. The van der Waals surface area contributed by atoms with Gasteiger partial charge in [-0.05, 0) is 25.7 Å². The quantitative estimate of drug-likeness (QED) is 0.337. The van der Waals surface area contributed by atoms with Gasteiger partial charge in [0.2, 0.25) is 0 Å². The van der Waals surface area contributed by atoms with E-state index < -0.39 is 0 Å². The van der Waals surface area contributed by atoms with Gasteiger partial charge in [0.1, 0.15) is 0 Å². The molecule has 2 nitrogen and oxygen atoms in total. The van der Waals surface area contributed by atoms with Gasteiger partial charge in [-0.3, -0.25) is 4.79 Å². The summed E-state index contributed by atoms with van der Waals surface area (Å²) in [5.41, 5.74) is 0. The van der Waals surface area contributed by atoms with E-state index in [-0.39, 0.29) is 5.97 Å². The zero-order valence-electron chi connectivity index (χ0n) is 10.6. The Morgan fingerprint density at radius 1 is 1.31 bits per heavy atom. The minimum atomic E-state index is -0.181. The van der Waals surface area contributed by atoms with E-state index >= 15 is 0 Å². The molecular weight excluding hydrogens is 200 g/mol. The van der Waals surface area contributed by atoms with Gasteiger partial charge in [-0.2, -0.15) is 0 Å². The third-order valence-electron chi connectivity index (χ3n) is 2.48. The lowest BCUT2D eigenvalue weighted by molar-refractivity contribution is -0.141. The Morgan fingerprint density at radius 3 is 2.56 bits per heavy atom. The highest BCUT2D eigenvalue weighted by molar-refractivity contribution is 5.65. The zero-order valence-corrected chi connectivity index (χ0v) is 10.6. The molecule has 0 aliphatic carbocycles. The molecule has 0 radical (unpaired) electrons. The third kappa shape index (κ3) is 9.50. The summed E-state index contributed by atoms with van der Waals surface area (Å²) < 4.78 is 4.86. The van der Waals surface area contributed by atoms with E-state index in [1.54, 1.807) is 0 Å². The maximum Gasteiger partial charge on any atom is 0.302 e. The van der Waals surface area contributed by atoms with Crippen LogP contribution in [0.3, 0.4) is 0 Å². The van der Waals surface area contributed by atoms with Crippen LogP contribution >= 0.6 is 0 Å². The van der Waals surface area contributed by atoms with Crippen LogP contribution in [0.2, 0.25) is 0 Å². The maximum absolute atomic E-state index is 10.5. The molecule has 0 aromatic rings. The summed E-state index contributed by atoms with van der Waals surface area (Å²) in [4.78, 5) is 10.5. The second-order valence-electron chi connectivity index (χ2n) is 3.97. The molecule has 92 valence electrons. The minimum Gasteiger partial charge on any atom is -0.466 e. The molecule has 0 aromatic heterocycles. The van der Waals surface area contributed by atoms with Gasteiger partial charge in [-0.1, -0.05) is 37.5 Å².